The van der Waals surface area contributed by atoms with Crippen molar-refractivity contribution in [1.82, 2.24) is 10.2 Å². The number of piperidine rings is 1. The summed E-state index contributed by atoms with van der Waals surface area (Å²) in [7, 11) is 0. The van der Waals surface area contributed by atoms with Gasteiger partial charge in [0.15, 0.2) is 0 Å². The van der Waals surface area contributed by atoms with Gasteiger partial charge in [0.25, 0.3) is 0 Å². The number of aliphatic hydroxyl groups excluding tert-OH is 1. The molecule has 1 fully saturated rings. The Hall–Kier alpha value is -2.17. The summed E-state index contributed by atoms with van der Waals surface area (Å²) in [6, 6.07) is 19.4. The topological polar surface area (TPSA) is 52.6 Å². The molecule has 1 aliphatic rings. The van der Waals surface area contributed by atoms with Crippen molar-refractivity contribution in [3.05, 3.63) is 71.8 Å². The van der Waals surface area contributed by atoms with E-state index in [1.165, 1.54) is 5.56 Å². The Bertz CT molecular complexity index is 660. The third-order valence-corrected chi connectivity index (χ3v) is 4.85. The first-order chi connectivity index (χ1) is 12.3. The molecule has 0 aliphatic carbocycles. The molecule has 0 bridgehead atoms. The maximum absolute atomic E-state index is 12.9. The summed E-state index contributed by atoms with van der Waals surface area (Å²) in [5.41, 5.74) is 2.16. The van der Waals surface area contributed by atoms with Crippen LogP contribution in [0.4, 0.5) is 0 Å². The summed E-state index contributed by atoms with van der Waals surface area (Å²) in [5, 5.41) is 12.7. The number of rotatable bonds is 6. The number of nitrogens with one attached hydrogen (secondary N) is 1. The molecule has 0 spiro atoms. The van der Waals surface area contributed by atoms with Crippen molar-refractivity contribution in [3.8, 4) is 0 Å². The molecule has 4 nitrogen and oxygen atoms in total. The lowest BCUT2D eigenvalue weighted by Crippen LogP contribution is -2.50. The molecule has 0 aromatic heterocycles. The molecule has 2 N–H and O–H groups in total. The number of amides is 1. The van der Waals surface area contributed by atoms with Crippen molar-refractivity contribution in [2.24, 2.45) is 0 Å². The third-order valence-electron chi connectivity index (χ3n) is 4.85. The summed E-state index contributed by atoms with van der Waals surface area (Å²) in [6.07, 6.45) is 3.06. The summed E-state index contributed by atoms with van der Waals surface area (Å²) in [4.78, 5) is 15.1. The second kappa shape index (κ2) is 8.79. The minimum absolute atomic E-state index is 0.0125. The van der Waals surface area contributed by atoms with Crippen molar-refractivity contribution in [1.29, 1.82) is 0 Å². The molecule has 1 heterocycles. The summed E-state index contributed by atoms with van der Waals surface area (Å²) >= 11 is 0. The van der Waals surface area contributed by atoms with Gasteiger partial charge in [-0.3, -0.25) is 9.69 Å². The first kappa shape index (κ1) is 17.6. The molecule has 2 aromatic carbocycles. The van der Waals surface area contributed by atoms with Crippen LogP contribution in [0.1, 0.15) is 36.4 Å². The first-order valence-corrected chi connectivity index (χ1v) is 9.02. The van der Waals surface area contributed by atoms with Gasteiger partial charge in [-0.1, -0.05) is 67.1 Å². The molecule has 0 saturated carbocycles. The van der Waals surface area contributed by atoms with Crippen molar-refractivity contribution < 1.29 is 9.90 Å². The van der Waals surface area contributed by atoms with E-state index < -0.39 is 0 Å². The van der Waals surface area contributed by atoms with Crippen molar-refractivity contribution in [3.63, 3.8) is 0 Å². The molecule has 4 heteroatoms. The molecule has 1 amide bonds. The van der Waals surface area contributed by atoms with Crippen molar-refractivity contribution in [2.45, 2.75) is 37.9 Å². The Balaban J connectivity index is 1.68. The standard InChI is InChI=1S/C21H26N2O2/c24-16-19(18-11-5-2-6-12-18)22-21(25)20-13-7-8-14-23(20)15-17-9-3-1-4-10-17/h1-6,9-12,19-20,24H,7-8,13-16H2,(H,22,25)/t19-,20?/m1/s1. The minimum atomic E-state index is -0.353. The Labute approximate surface area is 149 Å². The molecular formula is C21H26N2O2. The highest BCUT2D eigenvalue weighted by atomic mass is 16.3. The number of aliphatic hydroxyl groups is 1. The molecule has 2 atom stereocenters. The maximum Gasteiger partial charge on any atom is 0.237 e. The fourth-order valence-corrected chi connectivity index (χ4v) is 3.48. The average molecular weight is 338 g/mol. The first-order valence-electron chi connectivity index (χ1n) is 9.02. The fourth-order valence-electron chi connectivity index (χ4n) is 3.48. The van der Waals surface area contributed by atoms with Crippen molar-refractivity contribution >= 4 is 5.91 Å². The van der Waals surface area contributed by atoms with Crippen LogP contribution in [0.5, 0.6) is 0 Å². The number of carbonyl (C=O) groups excluding carboxylic acids is 1. The molecular weight excluding hydrogens is 312 g/mol. The van der Waals surface area contributed by atoms with E-state index in [4.69, 9.17) is 0 Å². The zero-order valence-corrected chi connectivity index (χ0v) is 14.5. The van der Waals surface area contributed by atoms with E-state index in [-0.39, 0.29) is 24.6 Å². The molecule has 3 rings (SSSR count). The van der Waals surface area contributed by atoms with Gasteiger partial charge in [-0.25, -0.2) is 0 Å². The van der Waals surface area contributed by atoms with Crippen LogP contribution in [0.25, 0.3) is 0 Å². The summed E-state index contributed by atoms with van der Waals surface area (Å²) in [5.74, 6) is 0.0125. The Morgan fingerprint density at radius 1 is 1.08 bits per heavy atom. The second-order valence-corrected chi connectivity index (χ2v) is 6.62. The zero-order chi connectivity index (χ0) is 17.5. The molecule has 1 aliphatic heterocycles. The highest BCUT2D eigenvalue weighted by Crippen LogP contribution is 2.21. The van der Waals surface area contributed by atoms with Gasteiger partial charge < -0.3 is 10.4 Å². The molecule has 2 aromatic rings. The summed E-state index contributed by atoms with van der Waals surface area (Å²) in [6.45, 7) is 1.62. The van der Waals surface area contributed by atoms with Gasteiger partial charge in [-0.2, -0.15) is 0 Å². The van der Waals surface area contributed by atoms with Crippen LogP contribution in [0.3, 0.4) is 0 Å². The van der Waals surface area contributed by atoms with E-state index >= 15 is 0 Å². The minimum Gasteiger partial charge on any atom is -0.394 e. The molecule has 1 unspecified atom stereocenters. The van der Waals surface area contributed by atoms with Crippen LogP contribution in [0.15, 0.2) is 60.7 Å². The SMILES string of the molecule is O=C(N[C@H](CO)c1ccccc1)C1CCCCN1Cc1ccccc1. The van der Waals surface area contributed by atoms with E-state index in [1.54, 1.807) is 0 Å². The highest BCUT2D eigenvalue weighted by Gasteiger charge is 2.30. The quantitative estimate of drug-likeness (QED) is 0.851. The lowest BCUT2D eigenvalue weighted by Gasteiger charge is -2.35. The number of likely N-dealkylation sites (tertiary alicyclic amines) is 1. The molecule has 25 heavy (non-hydrogen) atoms. The van der Waals surface area contributed by atoms with Gasteiger partial charge in [0.1, 0.15) is 0 Å². The number of hydrogen-bond acceptors (Lipinski definition) is 3. The Kier molecular flexibility index (Phi) is 6.20. The van der Waals surface area contributed by atoms with Gasteiger partial charge >= 0.3 is 0 Å². The van der Waals surface area contributed by atoms with Crippen LogP contribution in [-0.4, -0.2) is 35.1 Å². The van der Waals surface area contributed by atoms with Crippen LogP contribution < -0.4 is 5.32 Å². The Morgan fingerprint density at radius 3 is 2.44 bits per heavy atom. The van der Waals surface area contributed by atoms with E-state index in [1.807, 2.05) is 48.5 Å². The lowest BCUT2D eigenvalue weighted by molar-refractivity contribution is -0.129. The lowest BCUT2D eigenvalue weighted by atomic mass is 9.99. The largest absolute Gasteiger partial charge is 0.394 e. The fraction of sp³-hybridized carbons (Fsp3) is 0.381. The van der Waals surface area contributed by atoms with Crippen LogP contribution in [-0.2, 0) is 11.3 Å². The van der Waals surface area contributed by atoms with Gasteiger partial charge in [0.05, 0.1) is 18.7 Å². The third kappa shape index (κ3) is 4.68. The monoisotopic (exact) mass is 338 g/mol. The highest BCUT2D eigenvalue weighted by molar-refractivity contribution is 5.82. The van der Waals surface area contributed by atoms with Gasteiger partial charge in [0.2, 0.25) is 5.91 Å². The van der Waals surface area contributed by atoms with Gasteiger partial charge in [-0.05, 0) is 30.5 Å². The Morgan fingerprint density at radius 2 is 1.76 bits per heavy atom. The van der Waals surface area contributed by atoms with Gasteiger partial charge in [0, 0.05) is 6.54 Å². The van der Waals surface area contributed by atoms with E-state index in [0.29, 0.717) is 0 Å². The maximum atomic E-state index is 12.9. The average Bonchev–Trinajstić information content (AvgIpc) is 2.68. The van der Waals surface area contributed by atoms with Gasteiger partial charge in [-0.15, -0.1) is 0 Å². The predicted octanol–water partition coefficient (Wildman–Crippen LogP) is 2.89. The van der Waals surface area contributed by atoms with Crippen LogP contribution >= 0.6 is 0 Å². The smallest absolute Gasteiger partial charge is 0.237 e. The van der Waals surface area contributed by atoms with E-state index in [9.17, 15) is 9.90 Å². The van der Waals surface area contributed by atoms with Crippen LogP contribution in [0, 0.1) is 0 Å². The number of nitrogens with zero attached hydrogens (tertiary/aromatic N) is 1. The number of hydrogen-bond donors (Lipinski definition) is 2. The normalized spacial score (nSPS) is 19.3. The summed E-state index contributed by atoms with van der Waals surface area (Å²) < 4.78 is 0. The van der Waals surface area contributed by atoms with E-state index in [2.05, 4.69) is 22.3 Å². The zero-order valence-electron chi connectivity index (χ0n) is 14.5. The van der Waals surface area contributed by atoms with Crippen molar-refractivity contribution in [2.75, 3.05) is 13.2 Å². The predicted molar refractivity (Wildman–Crippen MR) is 98.9 cm³/mol. The second-order valence-electron chi connectivity index (χ2n) is 6.62. The molecule has 132 valence electrons. The van der Waals surface area contributed by atoms with Crippen LogP contribution in [0.2, 0.25) is 0 Å². The van der Waals surface area contributed by atoms with E-state index in [0.717, 1.165) is 37.9 Å². The molecule has 1 saturated heterocycles. The number of carbonyl (C=O) groups is 1. The molecule has 0 radical (unpaired) electrons. The number of benzene rings is 2.